The standard InChI is InChI=1S/C12H11F3N4O/c13-12(14,15)8-1-2-10(18-5-8)11(20)17-4-3-9-6-16-7-19-9/h1-2,5-7H,3-4H2,(H,16,19)(H,17,20). The molecule has 0 aromatic carbocycles. The van der Waals surface area contributed by atoms with Gasteiger partial charge in [-0.2, -0.15) is 13.2 Å². The summed E-state index contributed by atoms with van der Waals surface area (Å²) in [6.45, 7) is 0.337. The van der Waals surface area contributed by atoms with E-state index in [0.29, 0.717) is 19.2 Å². The minimum absolute atomic E-state index is 0.0531. The molecule has 0 radical (unpaired) electrons. The van der Waals surface area contributed by atoms with E-state index in [2.05, 4.69) is 20.3 Å². The maximum Gasteiger partial charge on any atom is 0.417 e. The summed E-state index contributed by atoms with van der Waals surface area (Å²) in [4.78, 5) is 21.9. The van der Waals surface area contributed by atoms with Crippen LogP contribution >= 0.6 is 0 Å². The van der Waals surface area contributed by atoms with Gasteiger partial charge in [-0.15, -0.1) is 0 Å². The van der Waals surface area contributed by atoms with Crippen LogP contribution in [0.25, 0.3) is 0 Å². The molecule has 2 aromatic rings. The average Bonchev–Trinajstić information content (AvgIpc) is 2.91. The molecule has 20 heavy (non-hydrogen) atoms. The molecule has 0 aliphatic heterocycles. The van der Waals surface area contributed by atoms with Gasteiger partial charge < -0.3 is 10.3 Å². The van der Waals surface area contributed by atoms with Crippen molar-refractivity contribution in [3.05, 3.63) is 47.8 Å². The number of amides is 1. The predicted octanol–water partition coefficient (Wildman–Crippen LogP) is 1.80. The number of hydrogen-bond acceptors (Lipinski definition) is 3. The SMILES string of the molecule is O=C(NCCc1cnc[nH]1)c1ccc(C(F)(F)F)cn1. The number of nitrogens with zero attached hydrogens (tertiary/aromatic N) is 2. The van der Waals surface area contributed by atoms with Gasteiger partial charge >= 0.3 is 6.18 Å². The molecule has 1 amide bonds. The van der Waals surface area contributed by atoms with Gasteiger partial charge in [0.25, 0.3) is 5.91 Å². The van der Waals surface area contributed by atoms with Crippen LogP contribution in [0.15, 0.2) is 30.9 Å². The van der Waals surface area contributed by atoms with Crippen molar-refractivity contribution in [1.82, 2.24) is 20.3 Å². The summed E-state index contributed by atoms with van der Waals surface area (Å²) in [5.41, 5.74) is -0.0835. The van der Waals surface area contributed by atoms with Crippen LogP contribution in [0.5, 0.6) is 0 Å². The maximum absolute atomic E-state index is 12.3. The molecule has 0 aliphatic carbocycles. The van der Waals surface area contributed by atoms with Crippen molar-refractivity contribution >= 4 is 5.91 Å². The van der Waals surface area contributed by atoms with E-state index in [1.807, 2.05) is 0 Å². The van der Waals surface area contributed by atoms with E-state index in [9.17, 15) is 18.0 Å². The predicted molar refractivity (Wildman–Crippen MR) is 63.9 cm³/mol. The molecule has 0 bridgehead atoms. The third kappa shape index (κ3) is 3.56. The summed E-state index contributed by atoms with van der Waals surface area (Å²) < 4.78 is 37.0. The Morgan fingerprint density at radius 1 is 1.30 bits per heavy atom. The molecule has 0 aliphatic rings. The van der Waals surface area contributed by atoms with Gasteiger partial charge in [0, 0.05) is 31.1 Å². The number of carbonyl (C=O) groups is 1. The second-order valence-corrected chi connectivity index (χ2v) is 4.01. The van der Waals surface area contributed by atoms with Crippen LogP contribution < -0.4 is 5.32 Å². The molecule has 106 valence electrons. The van der Waals surface area contributed by atoms with E-state index < -0.39 is 17.6 Å². The first-order chi connectivity index (χ1) is 9.47. The molecule has 0 fully saturated rings. The normalized spacial score (nSPS) is 11.3. The molecule has 0 saturated heterocycles. The smallest absolute Gasteiger partial charge is 0.350 e. The van der Waals surface area contributed by atoms with Crippen LogP contribution in [0.3, 0.4) is 0 Å². The lowest BCUT2D eigenvalue weighted by Crippen LogP contribution is -2.26. The van der Waals surface area contributed by atoms with E-state index in [0.717, 1.165) is 17.8 Å². The van der Waals surface area contributed by atoms with Crippen molar-refractivity contribution in [1.29, 1.82) is 0 Å². The lowest BCUT2D eigenvalue weighted by molar-refractivity contribution is -0.137. The molecule has 2 rings (SSSR count). The summed E-state index contributed by atoms with van der Waals surface area (Å²) in [5, 5.41) is 2.56. The summed E-state index contributed by atoms with van der Waals surface area (Å²) in [6.07, 6.45) is -0.115. The first-order valence-corrected chi connectivity index (χ1v) is 5.75. The fourth-order valence-corrected chi connectivity index (χ4v) is 1.52. The number of H-pyrrole nitrogens is 1. The van der Waals surface area contributed by atoms with E-state index in [1.165, 1.54) is 6.33 Å². The minimum Gasteiger partial charge on any atom is -0.350 e. The molecular formula is C12H11F3N4O. The zero-order valence-corrected chi connectivity index (χ0v) is 10.2. The van der Waals surface area contributed by atoms with Crippen LogP contribution in [0.4, 0.5) is 13.2 Å². The third-order valence-corrected chi connectivity index (χ3v) is 2.56. The maximum atomic E-state index is 12.3. The molecule has 5 nitrogen and oxygen atoms in total. The van der Waals surface area contributed by atoms with Gasteiger partial charge in [-0.05, 0) is 12.1 Å². The number of imidazole rings is 1. The fourth-order valence-electron chi connectivity index (χ4n) is 1.52. The molecular weight excluding hydrogens is 273 g/mol. The first kappa shape index (κ1) is 14.0. The lowest BCUT2D eigenvalue weighted by atomic mass is 10.2. The van der Waals surface area contributed by atoms with E-state index in [4.69, 9.17) is 0 Å². The number of aromatic nitrogens is 3. The average molecular weight is 284 g/mol. The molecule has 8 heteroatoms. The summed E-state index contributed by atoms with van der Waals surface area (Å²) in [5.74, 6) is -0.516. The van der Waals surface area contributed by atoms with Crippen molar-refractivity contribution < 1.29 is 18.0 Å². The quantitative estimate of drug-likeness (QED) is 0.899. The Morgan fingerprint density at radius 3 is 2.65 bits per heavy atom. The number of halogens is 3. The highest BCUT2D eigenvalue weighted by molar-refractivity contribution is 5.92. The second kappa shape index (κ2) is 5.72. The molecule has 0 spiro atoms. The van der Waals surface area contributed by atoms with E-state index >= 15 is 0 Å². The van der Waals surface area contributed by atoms with Gasteiger partial charge in [0.2, 0.25) is 0 Å². The van der Waals surface area contributed by atoms with Crippen molar-refractivity contribution in [3.8, 4) is 0 Å². The molecule has 2 aromatic heterocycles. The summed E-state index contributed by atoms with van der Waals surface area (Å²) in [6, 6.07) is 1.88. The van der Waals surface area contributed by atoms with Crippen molar-refractivity contribution in [2.75, 3.05) is 6.54 Å². The van der Waals surface area contributed by atoms with Crippen LogP contribution in [-0.4, -0.2) is 27.4 Å². The highest BCUT2D eigenvalue weighted by Crippen LogP contribution is 2.28. The van der Waals surface area contributed by atoms with Crippen molar-refractivity contribution in [2.45, 2.75) is 12.6 Å². The summed E-state index contributed by atoms with van der Waals surface area (Å²) >= 11 is 0. The third-order valence-electron chi connectivity index (χ3n) is 2.56. The highest BCUT2D eigenvalue weighted by atomic mass is 19.4. The van der Waals surface area contributed by atoms with Gasteiger partial charge in [0.15, 0.2) is 0 Å². The van der Waals surface area contributed by atoms with Crippen molar-refractivity contribution in [3.63, 3.8) is 0 Å². The van der Waals surface area contributed by atoms with Gasteiger partial charge in [0.1, 0.15) is 5.69 Å². The molecule has 0 unspecified atom stereocenters. The Hall–Kier alpha value is -2.38. The molecule has 2 heterocycles. The molecule has 0 saturated carbocycles. The van der Waals surface area contributed by atoms with E-state index in [1.54, 1.807) is 6.20 Å². The number of aromatic amines is 1. The Balaban J connectivity index is 1.89. The number of pyridine rings is 1. The van der Waals surface area contributed by atoms with E-state index in [-0.39, 0.29) is 5.69 Å². The molecule has 0 atom stereocenters. The molecule has 2 N–H and O–H groups in total. The summed E-state index contributed by atoms with van der Waals surface area (Å²) in [7, 11) is 0. The Kier molecular flexibility index (Phi) is 4.02. The van der Waals surface area contributed by atoms with Crippen LogP contribution in [0, 0.1) is 0 Å². The number of rotatable bonds is 4. The van der Waals surface area contributed by atoms with Gasteiger partial charge in [0.05, 0.1) is 11.9 Å². The number of hydrogen-bond donors (Lipinski definition) is 2. The van der Waals surface area contributed by atoms with Gasteiger partial charge in [-0.25, -0.2) is 4.98 Å². The van der Waals surface area contributed by atoms with Crippen molar-refractivity contribution in [2.24, 2.45) is 0 Å². The first-order valence-electron chi connectivity index (χ1n) is 5.75. The second-order valence-electron chi connectivity index (χ2n) is 4.01. The van der Waals surface area contributed by atoms with Crippen LogP contribution in [0.1, 0.15) is 21.7 Å². The van der Waals surface area contributed by atoms with Crippen LogP contribution in [0.2, 0.25) is 0 Å². The number of carbonyl (C=O) groups excluding carboxylic acids is 1. The Morgan fingerprint density at radius 2 is 2.10 bits per heavy atom. The largest absolute Gasteiger partial charge is 0.417 e. The highest BCUT2D eigenvalue weighted by Gasteiger charge is 2.30. The lowest BCUT2D eigenvalue weighted by Gasteiger charge is -2.07. The zero-order valence-electron chi connectivity index (χ0n) is 10.2. The zero-order chi connectivity index (χ0) is 14.6. The fraction of sp³-hybridized carbons (Fsp3) is 0.250. The topological polar surface area (TPSA) is 70.7 Å². The number of alkyl halides is 3. The minimum atomic E-state index is -4.46. The van der Waals surface area contributed by atoms with Gasteiger partial charge in [-0.3, -0.25) is 9.78 Å². The Bertz CT molecular complexity index is 563. The van der Waals surface area contributed by atoms with Gasteiger partial charge in [-0.1, -0.05) is 0 Å². The van der Waals surface area contributed by atoms with Crippen LogP contribution in [-0.2, 0) is 12.6 Å². The number of nitrogens with one attached hydrogen (secondary N) is 2. The Labute approximate surface area is 112 Å². The monoisotopic (exact) mass is 284 g/mol.